The highest BCUT2D eigenvalue weighted by Gasteiger charge is 2.37. The molecule has 0 saturated heterocycles. The fourth-order valence-corrected chi connectivity index (χ4v) is 3.21. The molecule has 0 atom stereocenters. The molecule has 1 saturated carbocycles. The summed E-state index contributed by atoms with van der Waals surface area (Å²) in [4.78, 5) is 0. The van der Waals surface area contributed by atoms with Crippen molar-refractivity contribution >= 4 is 0 Å². The molecule has 0 amide bonds. The van der Waals surface area contributed by atoms with Crippen LogP contribution in [-0.2, 0) is 5.41 Å². The lowest BCUT2D eigenvalue weighted by Gasteiger charge is -2.38. The number of rotatable bonds is 4. The second-order valence-electron chi connectivity index (χ2n) is 5.42. The summed E-state index contributed by atoms with van der Waals surface area (Å²) in [5, 5.41) is 0. The van der Waals surface area contributed by atoms with Crippen molar-refractivity contribution in [3.05, 3.63) is 29.1 Å². The van der Waals surface area contributed by atoms with Gasteiger partial charge in [-0.1, -0.05) is 19.3 Å². The minimum absolute atomic E-state index is 0.0914. The molecular weight excluding hydrogens is 267 g/mol. The molecule has 0 bridgehead atoms. The molecule has 1 aliphatic rings. The van der Waals surface area contributed by atoms with Gasteiger partial charge >= 0.3 is 0 Å². The second kappa shape index (κ2) is 6.04. The first-order valence-corrected chi connectivity index (χ1v) is 6.90. The van der Waals surface area contributed by atoms with Gasteiger partial charge in [0, 0.05) is 17.5 Å². The zero-order valence-electron chi connectivity index (χ0n) is 11.6. The lowest BCUT2D eigenvalue weighted by molar-refractivity contribution is 0.145. The molecule has 1 fully saturated rings. The minimum atomic E-state index is -2.77. The van der Waals surface area contributed by atoms with Crippen LogP contribution in [0.15, 0.2) is 12.1 Å². The molecule has 2 nitrogen and oxygen atoms in total. The largest absolute Gasteiger partial charge is 0.496 e. The maximum atomic E-state index is 13.7. The Kier molecular flexibility index (Phi) is 4.58. The van der Waals surface area contributed by atoms with Crippen LogP contribution in [-0.4, -0.2) is 13.7 Å². The van der Waals surface area contributed by atoms with E-state index < -0.39 is 17.7 Å². The lowest BCUT2D eigenvalue weighted by Crippen LogP contribution is -2.37. The third kappa shape index (κ3) is 2.64. The zero-order chi connectivity index (χ0) is 14.8. The standard InChI is InChI=1S/C15H20F3NO/c1-20-13-11(14(17)18)7-10(16)8-12(13)15(9-19)5-3-2-4-6-15/h7-8,14H,2-6,9,19H2,1H3. The van der Waals surface area contributed by atoms with Crippen LogP contribution in [0, 0.1) is 5.82 Å². The average molecular weight is 287 g/mol. The molecule has 0 aromatic heterocycles. The van der Waals surface area contributed by atoms with Crippen molar-refractivity contribution in [2.24, 2.45) is 5.73 Å². The quantitative estimate of drug-likeness (QED) is 0.910. The van der Waals surface area contributed by atoms with Gasteiger partial charge in [-0.3, -0.25) is 0 Å². The van der Waals surface area contributed by atoms with E-state index in [2.05, 4.69) is 0 Å². The van der Waals surface area contributed by atoms with E-state index in [9.17, 15) is 13.2 Å². The predicted molar refractivity (Wildman–Crippen MR) is 71.7 cm³/mol. The van der Waals surface area contributed by atoms with Crippen LogP contribution in [0.25, 0.3) is 0 Å². The highest BCUT2D eigenvalue weighted by atomic mass is 19.3. The van der Waals surface area contributed by atoms with Gasteiger partial charge in [0.15, 0.2) is 0 Å². The molecule has 5 heteroatoms. The summed E-state index contributed by atoms with van der Waals surface area (Å²) < 4.78 is 45.1. The number of methoxy groups -OCH3 is 1. The van der Waals surface area contributed by atoms with E-state index in [1.165, 1.54) is 13.2 Å². The Labute approximate surface area is 117 Å². The van der Waals surface area contributed by atoms with Crippen LogP contribution < -0.4 is 10.5 Å². The zero-order valence-corrected chi connectivity index (χ0v) is 11.6. The Morgan fingerprint density at radius 1 is 1.25 bits per heavy atom. The molecule has 0 aliphatic heterocycles. The number of alkyl halides is 2. The maximum Gasteiger partial charge on any atom is 0.267 e. The van der Waals surface area contributed by atoms with Gasteiger partial charge in [0.2, 0.25) is 0 Å². The number of hydrogen-bond donors (Lipinski definition) is 1. The molecule has 1 aromatic carbocycles. The van der Waals surface area contributed by atoms with Crippen molar-refractivity contribution < 1.29 is 17.9 Å². The first kappa shape index (κ1) is 15.2. The van der Waals surface area contributed by atoms with Crippen LogP contribution >= 0.6 is 0 Å². The van der Waals surface area contributed by atoms with E-state index in [0.29, 0.717) is 12.1 Å². The first-order valence-electron chi connectivity index (χ1n) is 6.90. The van der Waals surface area contributed by atoms with Gasteiger partial charge in [-0.25, -0.2) is 13.2 Å². The summed E-state index contributed by atoms with van der Waals surface area (Å²) in [6.45, 7) is 0.315. The van der Waals surface area contributed by atoms with Crippen molar-refractivity contribution in [2.45, 2.75) is 43.9 Å². The first-order chi connectivity index (χ1) is 9.54. The third-order valence-corrected chi connectivity index (χ3v) is 4.29. The van der Waals surface area contributed by atoms with E-state index in [0.717, 1.165) is 38.2 Å². The lowest BCUT2D eigenvalue weighted by atomic mass is 9.69. The topological polar surface area (TPSA) is 35.2 Å². The fourth-order valence-electron chi connectivity index (χ4n) is 3.21. The molecule has 112 valence electrons. The van der Waals surface area contributed by atoms with Gasteiger partial charge in [0.05, 0.1) is 12.7 Å². The molecule has 0 spiro atoms. The van der Waals surface area contributed by atoms with Crippen molar-refractivity contribution in [3.8, 4) is 5.75 Å². The van der Waals surface area contributed by atoms with Gasteiger partial charge in [-0.05, 0) is 25.0 Å². The summed E-state index contributed by atoms with van der Waals surface area (Å²) >= 11 is 0. The number of benzene rings is 1. The van der Waals surface area contributed by atoms with E-state index in [1.807, 2.05) is 0 Å². The van der Waals surface area contributed by atoms with Gasteiger partial charge < -0.3 is 10.5 Å². The molecule has 1 aromatic rings. The van der Waals surface area contributed by atoms with Crippen LogP contribution in [0.4, 0.5) is 13.2 Å². The molecule has 0 radical (unpaired) electrons. The van der Waals surface area contributed by atoms with Crippen molar-refractivity contribution in [3.63, 3.8) is 0 Å². The number of hydrogen-bond acceptors (Lipinski definition) is 2. The summed E-state index contributed by atoms with van der Waals surface area (Å²) in [6.07, 6.45) is 1.85. The Bertz CT molecular complexity index is 470. The van der Waals surface area contributed by atoms with Crippen molar-refractivity contribution in [1.29, 1.82) is 0 Å². The Hall–Kier alpha value is -1.23. The summed E-state index contributed by atoms with van der Waals surface area (Å²) in [5.41, 5.74) is 5.57. The van der Waals surface area contributed by atoms with Gasteiger partial charge in [0.25, 0.3) is 6.43 Å². The molecule has 20 heavy (non-hydrogen) atoms. The molecule has 2 N–H and O–H groups in total. The van der Waals surface area contributed by atoms with E-state index >= 15 is 0 Å². The van der Waals surface area contributed by atoms with Gasteiger partial charge in [0.1, 0.15) is 11.6 Å². The maximum absolute atomic E-state index is 13.7. The highest BCUT2D eigenvalue weighted by molar-refractivity contribution is 5.47. The molecular formula is C15H20F3NO. The molecule has 1 aliphatic carbocycles. The molecule has 0 heterocycles. The van der Waals surface area contributed by atoms with Gasteiger partial charge in [-0.15, -0.1) is 0 Å². The van der Waals surface area contributed by atoms with Gasteiger partial charge in [-0.2, -0.15) is 0 Å². The van der Waals surface area contributed by atoms with Crippen LogP contribution in [0.5, 0.6) is 5.75 Å². The SMILES string of the molecule is COc1c(C(F)F)cc(F)cc1C1(CN)CCCCC1. The second-order valence-corrected chi connectivity index (χ2v) is 5.42. The van der Waals surface area contributed by atoms with Crippen LogP contribution in [0.2, 0.25) is 0 Å². The third-order valence-electron chi connectivity index (χ3n) is 4.29. The molecule has 2 rings (SSSR count). The average Bonchev–Trinajstić information content (AvgIpc) is 2.47. The van der Waals surface area contributed by atoms with E-state index in [1.54, 1.807) is 0 Å². The number of ether oxygens (including phenoxy) is 1. The predicted octanol–water partition coefficient (Wildman–Crippen LogP) is 3.93. The normalized spacial score (nSPS) is 18.3. The summed E-state index contributed by atoms with van der Waals surface area (Å²) in [5.74, 6) is -0.566. The Balaban J connectivity index is 2.59. The van der Waals surface area contributed by atoms with E-state index in [4.69, 9.17) is 10.5 Å². The van der Waals surface area contributed by atoms with Crippen molar-refractivity contribution in [1.82, 2.24) is 0 Å². The number of nitrogens with two attached hydrogens (primary N) is 1. The van der Waals surface area contributed by atoms with E-state index in [-0.39, 0.29) is 11.3 Å². The number of halogens is 3. The van der Waals surface area contributed by atoms with Crippen LogP contribution in [0.1, 0.15) is 49.7 Å². The highest BCUT2D eigenvalue weighted by Crippen LogP contribution is 2.45. The summed E-state index contributed by atoms with van der Waals surface area (Å²) in [6, 6.07) is 2.16. The smallest absolute Gasteiger partial charge is 0.267 e. The van der Waals surface area contributed by atoms with Crippen LogP contribution in [0.3, 0.4) is 0 Å². The minimum Gasteiger partial charge on any atom is -0.496 e. The molecule has 0 unspecified atom stereocenters. The summed E-state index contributed by atoms with van der Waals surface area (Å²) in [7, 11) is 1.34. The van der Waals surface area contributed by atoms with Crippen molar-refractivity contribution in [2.75, 3.05) is 13.7 Å². The fraction of sp³-hybridized carbons (Fsp3) is 0.600. The Morgan fingerprint density at radius 2 is 1.90 bits per heavy atom. The monoisotopic (exact) mass is 287 g/mol. The Morgan fingerprint density at radius 3 is 2.40 bits per heavy atom.